The third-order valence-electron chi connectivity index (χ3n) is 4.47. The van der Waals surface area contributed by atoms with Crippen LogP contribution in [0, 0.1) is 0 Å². The molecule has 0 fully saturated rings. The quantitative estimate of drug-likeness (QED) is 0.412. The molecule has 1 aromatic heterocycles. The van der Waals surface area contributed by atoms with E-state index in [9.17, 15) is 17.8 Å². The van der Waals surface area contributed by atoms with Gasteiger partial charge in [0.05, 0.1) is 12.7 Å². The summed E-state index contributed by atoms with van der Waals surface area (Å²) in [5, 5.41) is 0.948. The number of hydrogen-bond donors (Lipinski definition) is 0. The first-order valence-electron chi connectivity index (χ1n) is 9.11. The molecule has 9 heteroatoms. The highest BCUT2D eigenvalue weighted by Gasteiger charge is 2.12. The van der Waals surface area contributed by atoms with Crippen LogP contribution in [-0.4, -0.2) is 51.7 Å². The zero-order valence-corrected chi connectivity index (χ0v) is 17.7. The molecule has 158 valence electrons. The molecular formula is C20H25N2O6S-. The summed E-state index contributed by atoms with van der Waals surface area (Å²) in [6.07, 6.45) is 5.97. The van der Waals surface area contributed by atoms with E-state index in [2.05, 4.69) is 33.9 Å². The number of rotatable bonds is 5. The van der Waals surface area contributed by atoms with E-state index in [1.54, 1.807) is 0 Å². The van der Waals surface area contributed by atoms with Crippen LogP contribution in [0.1, 0.15) is 19.4 Å². The van der Waals surface area contributed by atoms with Crippen molar-refractivity contribution in [3.63, 3.8) is 0 Å². The monoisotopic (exact) mass is 421 g/mol. The van der Waals surface area contributed by atoms with Crippen LogP contribution in [0.2, 0.25) is 0 Å². The lowest BCUT2D eigenvalue weighted by molar-refractivity contribution is 0.314. The maximum absolute atomic E-state index is 12.4. The van der Waals surface area contributed by atoms with E-state index in [0.717, 1.165) is 43.4 Å². The fraction of sp³-hybridized carbons (Fsp3) is 0.350. The molecule has 29 heavy (non-hydrogen) atoms. The molecule has 0 amide bonds. The molecule has 1 aliphatic rings. The molecule has 0 unspecified atom stereocenters. The van der Waals surface area contributed by atoms with Crippen LogP contribution in [0.4, 0.5) is 5.69 Å². The molecule has 0 bridgehead atoms. The third-order valence-corrected chi connectivity index (χ3v) is 4.88. The lowest BCUT2D eigenvalue weighted by atomic mass is 10.0. The van der Waals surface area contributed by atoms with Crippen molar-refractivity contribution in [2.24, 2.45) is 0 Å². The maximum atomic E-state index is 12.4. The second kappa shape index (κ2) is 9.73. The van der Waals surface area contributed by atoms with Crippen molar-refractivity contribution in [2.75, 3.05) is 38.7 Å². The SMILES string of the molecule is CCN(CC)c1ccc2cc(C3=CCN(C)C=C3)c(=O)oc2c1.COS(=O)(=O)[O-]. The summed E-state index contributed by atoms with van der Waals surface area (Å²) in [4.78, 5) is 16.7. The summed E-state index contributed by atoms with van der Waals surface area (Å²) in [6, 6.07) is 7.98. The van der Waals surface area contributed by atoms with Crippen molar-refractivity contribution in [1.82, 2.24) is 4.90 Å². The van der Waals surface area contributed by atoms with Gasteiger partial charge in [0.2, 0.25) is 10.4 Å². The Morgan fingerprint density at radius 3 is 2.41 bits per heavy atom. The molecular weight excluding hydrogens is 396 g/mol. The molecule has 8 nitrogen and oxygen atoms in total. The average Bonchev–Trinajstić information content (AvgIpc) is 2.69. The van der Waals surface area contributed by atoms with E-state index in [4.69, 9.17) is 4.42 Å². The Morgan fingerprint density at radius 1 is 1.24 bits per heavy atom. The minimum absolute atomic E-state index is 0.283. The predicted octanol–water partition coefficient (Wildman–Crippen LogP) is 2.57. The fourth-order valence-electron chi connectivity index (χ4n) is 2.87. The Labute approximate surface area is 170 Å². The Bertz CT molecular complexity index is 1070. The predicted molar refractivity (Wildman–Crippen MR) is 112 cm³/mol. The number of benzene rings is 1. The topological polar surface area (TPSA) is 103 Å². The van der Waals surface area contributed by atoms with Crippen LogP contribution in [-0.2, 0) is 14.6 Å². The van der Waals surface area contributed by atoms with Crippen LogP contribution in [0.5, 0.6) is 0 Å². The highest BCUT2D eigenvalue weighted by atomic mass is 32.3. The van der Waals surface area contributed by atoms with Crippen molar-refractivity contribution in [2.45, 2.75) is 13.8 Å². The van der Waals surface area contributed by atoms with Gasteiger partial charge in [-0.2, -0.15) is 0 Å². The first-order valence-corrected chi connectivity index (χ1v) is 10.4. The normalized spacial score (nSPS) is 13.7. The van der Waals surface area contributed by atoms with Gasteiger partial charge in [-0.15, -0.1) is 0 Å². The minimum Gasteiger partial charge on any atom is -0.726 e. The van der Waals surface area contributed by atoms with Gasteiger partial charge in [0.25, 0.3) is 0 Å². The Morgan fingerprint density at radius 2 is 1.90 bits per heavy atom. The largest absolute Gasteiger partial charge is 0.726 e. The van der Waals surface area contributed by atoms with Crippen molar-refractivity contribution in [3.8, 4) is 0 Å². The Kier molecular flexibility index (Phi) is 7.60. The van der Waals surface area contributed by atoms with Crippen molar-refractivity contribution in [3.05, 3.63) is 58.6 Å². The molecule has 0 saturated heterocycles. The first kappa shape index (κ1) is 22.7. The fourth-order valence-corrected chi connectivity index (χ4v) is 2.87. The standard InChI is InChI=1S/C19H22N2O2.CH4O4S/c1-4-21(5-2)16-7-6-15-12-17(19(22)23-18(15)13-16)14-8-10-20(3)11-9-14;1-5-6(2,3)4/h6-10,12-13H,4-5,11H2,1-3H3;1H3,(H,2,3,4)/p-1. The average molecular weight is 421 g/mol. The molecule has 2 heterocycles. The molecule has 2 aromatic rings. The Hall–Kier alpha value is -2.62. The van der Waals surface area contributed by atoms with Crippen LogP contribution < -0.4 is 10.5 Å². The van der Waals surface area contributed by atoms with E-state index in [1.165, 1.54) is 0 Å². The molecule has 0 radical (unpaired) electrons. The van der Waals surface area contributed by atoms with Gasteiger partial charge >= 0.3 is 5.63 Å². The molecule has 0 saturated carbocycles. The van der Waals surface area contributed by atoms with Crippen LogP contribution in [0.25, 0.3) is 16.5 Å². The molecule has 3 rings (SSSR count). The van der Waals surface area contributed by atoms with Gasteiger partial charge in [-0.3, -0.25) is 4.18 Å². The zero-order chi connectivity index (χ0) is 21.6. The zero-order valence-electron chi connectivity index (χ0n) is 16.9. The summed E-state index contributed by atoms with van der Waals surface area (Å²) in [5.74, 6) is 0. The van der Waals surface area contributed by atoms with Gasteiger partial charge in [0, 0.05) is 43.8 Å². The summed E-state index contributed by atoms with van der Waals surface area (Å²) >= 11 is 0. The van der Waals surface area contributed by atoms with E-state index < -0.39 is 10.4 Å². The second-order valence-corrected chi connectivity index (χ2v) is 7.48. The first-order chi connectivity index (χ1) is 13.7. The van der Waals surface area contributed by atoms with E-state index >= 15 is 0 Å². The summed E-state index contributed by atoms with van der Waals surface area (Å²) in [6.45, 7) is 6.88. The van der Waals surface area contributed by atoms with E-state index in [1.807, 2.05) is 43.6 Å². The van der Waals surface area contributed by atoms with Gasteiger partial charge in [-0.05, 0) is 49.9 Å². The van der Waals surface area contributed by atoms with Crippen LogP contribution >= 0.6 is 0 Å². The molecule has 0 aliphatic carbocycles. The van der Waals surface area contributed by atoms with Gasteiger partial charge in [-0.1, -0.05) is 6.08 Å². The Balaban J connectivity index is 0.000000438. The lowest BCUT2D eigenvalue weighted by Crippen LogP contribution is -2.21. The lowest BCUT2D eigenvalue weighted by Gasteiger charge is -2.21. The van der Waals surface area contributed by atoms with E-state index in [-0.39, 0.29) is 5.63 Å². The van der Waals surface area contributed by atoms with Crippen molar-refractivity contribution in [1.29, 1.82) is 0 Å². The summed E-state index contributed by atoms with van der Waals surface area (Å²) < 4.78 is 36.6. The van der Waals surface area contributed by atoms with E-state index in [0.29, 0.717) is 11.1 Å². The highest BCUT2D eigenvalue weighted by Crippen LogP contribution is 2.24. The summed E-state index contributed by atoms with van der Waals surface area (Å²) in [5.41, 5.74) is 2.98. The molecule has 0 atom stereocenters. The number of nitrogens with zero attached hydrogens (tertiary/aromatic N) is 2. The number of anilines is 1. The maximum Gasteiger partial charge on any atom is 0.344 e. The number of likely N-dealkylation sites (N-methyl/N-ethyl adjacent to an activating group) is 1. The second-order valence-electron chi connectivity index (χ2n) is 6.33. The molecule has 0 N–H and O–H groups in total. The molecule has 0 spiro atoms. The number of allylic oxidation sites excluding steroid dienone is 2. The van der Waals surface area contributed by atoms with Crippen LogP contribution in [0.3, 0.4) is 0 Å². The van der Waals surface area contributed by atoms with Crippen molar-refractivity contribution < 1.29 is 21.6 Å². The number of fused-ring (bicyclic) bond motifs is 1. The minimum atomic E-state index is -4.41. The highest BCUT2D eigenvalue weighted by molar-refractivity contribution is 7.80. The van der Waals surface area contributed by atoms with Gasteiger partial charge in [-0.25, -0.2) is 13.2 Å². The summed E-state index contributed by atoms with van der Waals surface area (Å²) in [7, 11) is -1.60. The van der Waals surface area contributed by atoms with Crippen LogP contribution in [0.15, 0.2) is 51.8 Å². The smallest absolute Gasteiger partial charge is 0.344 e. The number of hydrogen-bond acceptors (Lipinski definition) is 8. The van der Waals surface area contributed by atoms with Gasteiger partial charge in [0.1, 0.15) is 5.58 Å². The van der Waals surface area contributed by atoms with Gasteiger partial charge in [0.15, 0.2) is 0 Å². The molecule has 1 aliphatic heterocycles. The third kappa shape index (κ3) is 6.18. The van der Waals surface area contributed by atoms with Crippen molar-refractivity contribution >= 4 is 32.6 Å². The van der Waals surface area contributed by atoms with Gasteiger partial charge < -0.3 is 18.8 Å². The molecule has 1 aromatic carbocycles.